The van der Waals surface area contributed by atoms with Gasteiger partial charge in [0.25, 0.3) is 0 Å². The smallest absolute Gasteiger partial charge is 0.335 e. The van der Waals surface area contributed by atoms with Crippen molar-refractivity contribution in [3.8, 4) is 0 Å². The van der Waals surface area contributed by atoms with Crippen LogP contribution in [-0.2, 0) is 13.1 Å². The molecule has 0 saturated heterocycles. The van der Waals surface area contributed by atoms with Crippen LogP contribution >= 0.6 is 11.3 Å². The third-order valence-electron chi connectivity index (χ3n) is 2.53. The van der Waals surface area contributed by atoms with Crippen LogP contribution in [0.3, 0.4) is 0 Å². The molecule has 0 aliphatic rings. The number of carbonyl (C=O) groups excluding carboxylic acids is 1. The van der Waals surface area contributed by atoms with Crippen molar-refractivity contribution in [2.24, 2.45) is 0 Å². The Morgan fingerprint density at radius 3 is 2.75 bits per heavy atom. The first kappa shape index (κ1) is 14.0. The van der Waals surface area contributed by atoms with Crippen molar-refractivity contribution in [3.05, 3.63) is 52.0 Å². The second kappa shape index (κ2) is 6.67. The maximum atomic E-state index is 11.6. The highest BCUT2D eigenvalue weighted by Crippen LogP contribution is 2.05. The Bertz CT molecular complexity index is 599. The van der Waals surface area contributed by atoms with Gasteiger partial charge in [0.2, 0.25) is 0 Å². The Kier molecular flexibility index (Phi) is 4.67. The van der Waals surface area contributed by atoms with Gasteiger partial charge >= 0.3 is 12.0 Å². The molecule has 2 rings (SSSR count). The van der Waals surface area contributed by atoms with Gasteiger partial charge in [0, 0.05) is 12.7 Å². The zero-order valence-electron chi connectivity index (χ0n) is 10.5. The van der Waals surface area contributed by atoms with E-state index in [9.17, 15) is 9.59 Å². The van der Waals surface area contributed by atoms with E-state index in [0.717, 1.165) is 5.56 Å². The molecule has 2 amide bonds. The van der Waals surface area contributed by atoms with Crippen molar-refractivity contribution >= 4 is 23.3 Å². The maximum Gasteiger partial charge on any atom is 0.335 e. The van der Waals surface area contributed by atoms with Crippen LogP contribution in [-0.4, -0.2) is 22.1 Å². The molecule has 0 fully saturated rings. The summed E-state index contributed by atoms with van der Waals surface area (Å²) < 4.78 is 0. The summed E-state index contributed by atoms with van der Waals surface area (Å²) in [5.74, 6) is -1.02. The lowest BCUT2D eigenvalue weighted by molar-refractivity contribution is 0.0696. The molecule has 0 radical (unpaired) electrons. The zero-order valence-corrected chi connectivity index (χ0v) is 11.3. The number of carboxylic acid groups (broad SMARTS) is 1. The number of aromatic nitrogens is 1. The lowest BCUT2D eigenvalue weighted by Gasteiger charge is -2.06. The minimum absolute atomic E-state index is 0.149. The molecule has 0 saturated carbocycles. The van der Waals surface area contributed by atoms with Gasteiger partial charge in [0.1, 0.15) is 0 Å². The second-order valence-corrected chi connectivity index (χ2v) is 4.79. The summed E-state index contributed by atoms with van der Waals surface area (Å²) in [4.78, 5) is 26.4. The van der Waals surface area contributed by atoms with Gasteiger partial charge in [-0.25, -0.2) is 9.59 Å². The molecule has 7 heteroatoms. The molecule has 0 bridgehead atoms. The van der Waals surface area contributed by atoms with Crippen LogP contribution in [0.4, 0.5) is 4.79 Å². The summed E-state index contributed by atoms with van der Waals surface area (Å²) in [5.41, 5.74) is 1.68. The summed E-state index contributed by atoms with van der Waals surface area (Å²) in [7, 11) is 0. The molecular weight excluding hydrogens is 278 g/mol. The average Bonchev–Trinajstić information content (AvgIpc) is 2.96. The molecule has 2 aromatic heterocycles. The van der Waals surface area contributed by atoms with Crippen molar-refractivity contribution < 1.29 is 14.7 Å². The van der Waals surface area contributed by atoms with Crippen LogP contribution in [0.5, 0.6) is 0 Å². The minimum Gasteiger partial charge on any atom is -0.478 e. The fraction of sp³-hybridized carbons (Fsp3) is 0.154. The monoisotopic (exact) mass is 291 g/mol. The number of nitrogens with zero attached hydrogens (tertiary/aromatic N) is 1. The molecule has 20 heavy (non-hydrogen) atoms. The van der Waals surface area contributed by atoms with Crippen molar-refractivity contribution in [1.29, 1.82) is 0 Å². The number of aromatic carboxylic acids is 1. The van der Waals surface area contributed by atoms with E-state index in [-0.39, 0.29) is 18.1 Å². The van der Waals surface area contributed by atoms with Gasteiger partial charge in [-0.15, -0.1) is 0 Å². The van der Waals surface area contributed by atoms with Crippen LogP contribution in [0.1, 0.15) is 21.6 Å². The topological polar surface area (TPSA) is 91.3 Å². The number of thiophene rings is 1. The van der Waals surface area contributed by atoms with Crippen LogP contribution in [0.25, 0.3) is 0 Å². The van der Waals surface area contributed by atoms with Crippen LogP contribution in [0, 0.1) is 0 Å². The predicted octanol–water partition coefficient (Wildman–Crippen LogP) is 1.84. The molecule has 0 aliphatic carbocycles. The normalized spacial score (nSPS) is 10.0. The lowest BCUT2D eigenvalue weighted by atomic mass is 10.2. The Balaban J connectivity index is 1.81. The van der Waals surface area contributed by atoms with Crippen LogP contribution < -0.4 is 10.6 Å². The summed E-state index contributed by atoms with van der Waals surface area (Å²) in [5, 5.41) is 18.1. The van der Waals surface area contributed by atoms with Gasteiger partial charge in [0.05, 0.1) is 17.8 Å². The van der Waals surface area contributed by atoms with Gasteiger partial charge in [-0.3, -0.25) is 4.98 Å². The summed E-state index contributed by atoms with van der Waals surface area (Å²) in [6, 6.07) is 4.45. The largest absolute Gasteiger partial charge is 0.478 e. The number of amides is 2. The maximum absolute atomic E-state index is 11.6. The number of carboxylic acids is 1. The van der Waals surface area contributed by atoms with Crippen LogP contribution in [0.15, 0.2) is 35.2 Å². The van der Waals surface area contributed by atoms with Crippen molar-refractivity contribution in [1.82, 2.24) is 15.6 Å². The highest BCUT2D eigenvalue weighted by Gasteiger charge is 2.05. The van der Waals surface area contributed by atoms with Gasteiger partial charge in [-0.05, 0) is 34.5 Å². The van der Waals surface area contributed by atoms with E-state index in [2.05, 4.69) is 15.6 Å². The number of hydrogen-bond donors (Lipinski definition) is 3. The molecule has 2 aromatic rings. The van der Waals surface area contributed by atoms with Crippen LogP contribution in [0.2, 0.25) is 0 Å². The van der Waals surface area contributed by atoms with Gasteiger partial charge in [-0.2, -0.15) is 11.3 Å². The van der Waals surface area contributed by atoms with E-state index in [1.165, 1.54) is 18.3 Å². The molecule has 0 atom stereocenters. The van der Waals surface area contributed by atoms with E-state index < -0.39 is 5.97 Å². The number of carbonyl (C=O) groups is 2. The first-order valence-corrected chi connectivity index (χ1v) is 6.80. The molecule has 6 nitrogen and oxygen atoms in total. The molecule has 0 aliphatic heterocycles. The zero-order chi connectivity index (χ0) is 14.4. The molecule has 104 valence electrons. The Labute approximate surface area is 119 Å². The highest BCUT2D eigenvalue weighted by atomic mass is 32.1. The average molecular weight is 291 g/mol. The fourth-order valence-electron chi connectivity index (χ4n) is 1.52. The van der Waals surface area contributed by atoms with E-state index >= 15 is 0 Å². The molecule has 0 aromatic carbocycles. The highest BCUT2D eigenvalue weighted by molar-refractivity contribution is 7.07. The Morgan fingerprint density at radius 2 is 2.05 bits per heavy atom. The molecular formula is C13H13N3O3S. The Hall–Kier alpha value is -2.41. The summed E-state index contributed by atoms with van der Waals surface area (Å²) in [6.45, 7) is 0.633. The van der Waals surface area contributed by atoms with Crippen molar-refractivity contribution in [3.63, 3.8) is 0 Å². The molecule has 3 N–H and O–H groups in total. The second-order valence-electron chi connectivity index (χ2n) is 4.01. The van der Waals surface area contributed by atoms with Crippen molar-refractivity contribution in [2.45, 2.75) is 13.1 Å². The van der Waals surface area contributed by atoms with Gasteiger partial charge in [-0.1, -0.05) is 0 Å². The Morgan fingerprint density at radius 1 is 1.25 bits per heavy atom. The summed E-state index contributed by atoms with van der Waals surface area (Å²) in [6.07, 6.45) is 1.41. The van der Waals surface area contributed by atoms with E-state index in [0.29, 0.717) is 12.2 Å². The molecule has 2 heterocycles. The van der Waals surface area contributed by atoms with E-state index in [1.54, 1.807) is 11.3 Å². The molecule has 0 spiro atoms. The fourth-order valence-corrected chi connectivity index (χ4v) is 2.19. The first-order valence-electron chi connectivity index (χ1n) is 5.86. The SMILES string of the molecule is O=C(NCc1ccsc1)NCc1cc(C(=O)O)ccn1. The number of rotatable bonds is 5. The van der Waals surface area contributed by atoms with Crippen molar-refractivity contribution in [2.75, 3.05) is 0 Å². The lowest BCUT2D eigenvalue weighted by Crippen LogP contribution is -2.34. The third-order valence-corrected chi connectivity index (χ3v) is 3.26. The number of hydrogen-bond acceptors (Lipinski definition) is 4. The number of urea groups is 1. The third kappa shape index (κ3) is 4.06. The van der Waals surface area contributed by atoms with Gasteiger partial charge in [0.15, 0.2) is 0 Å². The number of nitrogens with one attached hydrogen (secondary N) is 2. The minimum atomic E-state index is -1.02. The summed E-state index contributed by atoms with van der Waals surface area (Å²) >= 11 is 1.57. The molecule has 0 unspecified atom stereocenters. The number of pyridine rings is 1. The quantitative estimate of drug-likeness (QED) is 0.784. The standard InChI is InChI=1S/C13H13N3O3S/c17-12(18)10-1-3-14-11(5-10)7-16-13(19)15-6-9-2-4-20-8-9/h1-5,8H,6-7H2,(H,17,18)(H2,15,16,19). The first-order chi connectivity index (χ1) is 9.65. The van der Waals surface area contributed by atoms with E-state index in [1.807, 2.05) is 16.8 Å². The van der Waals surface area contributed by atoms with Gasteiger partial charge < -0.3 is 15.7 Å². The predicted molar refractivity (Wildman–Crippen MR) is 74.6 cm³/mol. The van der Waals surface area contributed by atoms with E-state index in [4.69, 9.17) is 5.11 Å².